The summed E-state index contributed by atoms with van der Waals surface area (Å²) in [6, 6.07) is 9.36. The number of fused-ring (bicyclic) bond motifs is 1. The van der Waals surface area contributed by atoms with E-state index in [1.165, 1.54) is 0 Å². The first-order chi connectivity index (χ1) is 15.7. The summed E-state index contributed by atoms with van der Waals surface area (Å²) >= 11 is 0. The first-order valence-corrected chi connectivity index (χ1v) is 11.2. The van der Waals surface area contributed by atoms with E-state index >= 15 is 0 Å². The monoisotopic (exact) mass is 453 g/mol. The summed E-state index contributed by atoms with van der Waals surface area (Å²) in [5.41, 5.74) is 2.48. The smallest absolute Gasteiger partial charge is 0.306 e. The van der Waals surface area contributed by atoms with Crippen molar-refractivity contribution in [3.8, 4) is 28.4 Å². The zero-order valence-electron chi connectivity index (χ0n) is 19.9. The highest BCUT2D eigenvalue weighted by Gasteiger charge is 2.48. The molecule has 33 heavy (non-hydrogen) atoms. The number of amides is 1. The third-order valence-corrected chi connectivity index (χ3v) is 5.93. The quantitative estimate of drug-likeness (QED) is 0.593. The van der Waals surface area contributed by atoms with Crippen LogP contribution in [0.4, 0.5) is 0 Å². The topological polar surface area (TPSA) is 83.1 Å². The van der Waals surface area contributed by atoms with Crippen LogP contribution in [0.15, 0.2) is 30.3 Å². The van der Waals surface area contributed by atoms with E-state index in [1.54, 1.807) is 14.2 Å². The molecule has 7 nitrogen and oxygen atoms in total. The lowest BCUT2D eigenvalue weighted by molar-refractivity contribution is -0.155. The Morgan fingerprint density at radius 1 is 1.00 bits per heavy atom. The van der Waals surface area contributed by atoms with E-state index in [0.717, 1.165) is 29.5 Å². The van der Waals surface area contributed by atoms with Crippen LogP contribution in [0, 0.1) is 5.41 Å². The number of carbonyl (C=O) groups is 2. The minimum Gasteiger partial charge on any atom is -0.493 e. The van der Waals surface area contributed by atoms with Crippen LogP contribution < -0.4 is 19.5 Å². The first kappa shape index (κ1) is 23.0. The molecule has 176 valence electrons. The van der Waals surface area contributed by atoms with Crippen LogP contribution in [0.1, 0.15) is 56.0 Å². The van der Waals surface area contributed by atoms with E-state index in [9.17, 15) is 9.59 Å². The summed E-state index contributed by atoms with van der Waals surface area (Å²) in [7, 11) is 3.13. The number of hydrogen-bond acceptors (Lipinski definition) is 6. The summed E-state index contributed by atoms with van der Waals surface area (Å²) < 4.78 is 23.3. The number of methoxy groups -OCH3 is 2. The third kappa shape index (κ3) is 4.77. The van der Waals surface area contributed by atoms with Crippen molar-refractivity contribution in [3.63, 3.8) is 0 Å². The standard InChI is InChI=1S/C26H31NO6/c1-25(2,3)13-21(28)33-26(11-12-26)15-32-22-17(9-10-20(30-4)23(22)31-5)16-7-6-8-18-19(16)14-27-24(18)29/h6-10H,11-15H2,1-5H3,(H,27,29). The Labute approximate surface area is 194 Å². The van der Waals surface area contributed by atoms with Gasteiger partial charge in [0.2, 0.25) is 5.75 Å². The Morgan fingerprint density at radius 3 is 2.36 bits per heavy atom. The number of nitrogens with one attached hydrogen (secondary N) is 1. The van der Waals surface area contributed by atoms with Gasteiger partial charge in [-0.25, -0.2) is 0 Å². The molecule has 4 rings (SSSR count). The number of esters is 1. The summed E-state index contributed by atoms with van der Waals surface area (Å²) in [5.74, 6) is 1.20. The molecule has 2 aliphatic rings. The van der Waals surface area contributed by atoms with Gasteiger partial charge in [-0.2, -0.15) is 0 Å². The fraction of sp³-hybridized carbons (Fsp3) is 0.462. The highest BCUT2D eigenvalue weighted by molar-refractivity contribution is 6.01. The van der Waals surface area contributed by atoms with Crippen LogP contribution in [-0.2, 0) is 16.1 Å². The largest absolute Gasteiger partial charge is 0.493 e. The van der Waals surface area contributed by atoms with Crippen LogP contribution in [0.25, 0.3) is 11.1 Å². The normalized spacial score (nSPS) is 16.0. The van der Waals surface area contributed by atoms with Crippen LogP contribution in [0.3, 0.4) is 0 Å². The second-order valence-corrected chi connectivity index (χ2v) is 9.88. The maximum atomic E-state index is 12.4. The van der Waals surface area contributed by atoms with Gasteiger partial charge in [-0.05, 0) is 47.6 Å². The predicted octanol–water partition coefficient (Wildman–Crippen LogP) is 4.51. The fourth-order valence-electron chi connectivity index (χ4n) is 4.09. The number of carbonyl (C=O) groups excluding carboxylic acids is 2. The average Bonchev–Trinajstić information content (AvgIpc) is 3.42. The zero-order chi connectivity index (χ0) is 23.8. The van der Waals surface area contributed by atoms with Crippen molar-refractivity contribution < 1.29 is 28.5 Å². The molecule has 1 heterocycles. The van der Waals surface area contributed by atoms with Crippen molar-refractivity contribution in [2.45, 2.75) is 52.2 Å². The van der Waals surface area contributed by atoms with Gasteiger partial charge in [0.15, 0.2) is 11.5 Å². The molecule has 1 aliphatic carbocycles. The van der Waals surface area contributed by atoms with Gasteiger partial charge in [0.1, 0.15) is 12.2 Å². The van der Waals surface area contributed by atoms with Crippen molar-refractivity contribution in [1.29, 1.82) is 0 Å². The molecule has 1 aliphatic heterocycles. The zero-order valence-corrected chi connectivity index (χ0v) is 19.9. The molecule has 1 amide bonds. The molecule has 0 aromatic heterocycles. The fourth-order valence-corrected chi connectivity index (χ4v) is 4.09. The maximum Gasteiger partial charge on any atom is 0.306 e. The molecule has 0 atom stereocenters. The molecule has 1 fully saturated rings. The second kappa shape index (κ2) is 8.61. The third-order valence-electron chi connectivity index (χ3n) is 5.93. The van der Waals surface area contributed by atoms with E-state index in [-0.39, 0.29) is 23.9 Å². The number of hydrogen-bond donors (Lipinski definition) is 1. The minimum atomic E-state index is -0.621. The SMILES string of the molecule is COc1ccc(-c2cccc3c2CNC3=O)c(OCC2(OC(=O)CC(C)(C)C)CC2)c1OC. The van der Waals surface area contributed by atoms with Gasteiger partial charge in [0.05, 0.1) is 20.6 Å². The van der Waals surface area contributed by atoms with Crippen molar-refractivity contribution >= 4 is 11.9 Å². The highest BCUT2D eigenvalue weighted by Crippen LogP contribution is 2.48. The first-order valence-electron chi connectivity index (χ1n) is 11.2. The van der Waals surface area contributed by atoms with E-state index in [2.05, 4.69) is 5.32 Å². The van der Waals surface area contributed by atoms with Gasteiger partial charge < -0.3 is 24.3 Å². The molecule has 0 bridgehead atoms. The predicted molar refractivity (Wildman–Crippen MR) is 124 cm³/mol. The van der Waals surface area contributed by atoms with Gasteiger partial charge >= 0.3 is 5.97 Å². The number of benzene rings is 2. The summed E-state index contributed by atoms with van der Waals surface area (Å²) in [6.45, 7) is 6.69. The van der Waals surface area contributed by atoms with Crippen molar-refractivity contribution in [1.82, 2.24) is 5.32 Å². The Kier molecular flexibility index (Phi) is 5.99. The van der Waals surface area contributed by atoms with Gasteiger partial charge in [0.25, 0.3) is 5.91 Å². The summed E-state index contributed by atoms with van der Waals surface area (Å²) in [4.78, 5) is 24.6. The lowest BCUT2D eigenvalue weighted by Gasteiger charge is -2.23. The molecule has 0 radical (unpaired) electrons. The Bertz CT molecular complexity index is 1080. The molecular weight excluding hydrogens is 422 g/mol. The van der Waals surface area contributed by atoms with E-state index in [1.807, 2.05) is 51.1 Å². The van der Waals surface area contributed by atoms with Gasteiger partial charge in [-0.15, -0.1) is 0 Å². The summed E-state index contributed by atoms with van der Waals surface area (Å²) in [6.07, 6.45) is 1.85. The lowest BCUT2D eigenvalue weighted by Crippen LogP contribution is -2.29. The molecule has 2 aromatic carbocycles. The van der Waals surface area contributed by atoms with E-state index in [0.29, 0.717) is 35.8 Å². The number of ether oxygens (including phenoxy) is 4. The summed E-state index contributed by atoms with van der Waals surface area (Å²) in [5, 5.41) is 2.88. The lowest BCUT2D eigenvalue weighted by atomic mass is 9.92. The van der Waals surface area contributed by atoms with Crippen LogP contribution >= 0.6 is 0 Å². The molecule has 0 unspecified atom stereocenters. The van der Waals surface area contributed by atoms with Crippen molar-refractivity contribution in [2.75, 3.05) is 20.8 Å². The molecule has 1 saturated carbocycles. The highest BCUT2D eigenvalue weighted by atomic mass is 16.6. The van der Waals surface area contributed by atoms with Gasteiger partial charge in [-0.1, -0.05) is 32.9 Å². The minimum absolute atomic E-state index is 0.0857. The molecule has 7 heteroatoms. The molecular formula is C26H31NO6. The Morgan fingerprint density at radius 2 is 1.73 bits per heavy atom. The van der Waals surface area contributed by atoms with Crippen molar-refractivity contribution in [3.05, 3.63) is 41.5 Å². The van der Waals surface area contributed by atoms with E-state index in [4.69, 9.17) is 18.9 Å². The molecule has 2 aromatic rings. The molecule has 0 spiro atoms. The van der Waals surface area contributed by atoms with Crippen LogP contribution in [-0.4, -0.2) is 38.3 Å². The van der Waals surface area contributed by atoms with Crippen molar-refractivity contribution in [2.24, 2.45) is 5.41 Å². The van der Waals surface area contributed by atoms with Crippen LogP contribution in [0.5, 0.6) is 17.2 Å². The second-order valence-electron chi connectivity index (χ2n) is 9.88. The average molecular weight is 454 g/mol. The number of rotatable bonds is 8. The molecule has 1 N–H and O–H groups in total. The molecule has 0 saturated heterocycles. The Hall–Kier alpha value is -3.22. The Balaban J connectivity index is 1.66. The maximum absolute atomic E-state index is 12.4. The van der Waals surface area contributed by atoms with Gasteiger partial charge in [-0.3, -0.25) is 9.59 Å². The van der Waals surface area contributed by atoms with Crippen LogP contribution in [0.2, 0.25) is 0 Å². The van der Waals surface area contributed by atoms with E-state index < -0.39 is 5.60 Å². The van der Waals surface area contributed by atoms with Gasteiger partial charge in [0, 0.05) is 17.7 Å².